The molecule has 2 atom stereocenters. The lowest BCUT2D eigenvalue weighted by molar-refractivity contribution is -0.115. The molecule has 0 heterocycles. The van der Waals surface area contributed by atoms with E-state index in [0.29, 0.717) is 23.9 Å². The minimum absolute atomic E-state index is 0.180. The van der Waals surface area contributed by atoms with Crippen LogP contribution in [0.4, 0.5) is 5.69 Å². The fraction of sp³-hybridized carbons (Fsp3) is 0.562. The lowest BCUT2D eigenvalue weighted by Crippen LogP contribution is -2.31. The van der Waals surface area contributed by atoms with Crippen LogP contribution >= 0.6 is 0 Å². The monoisotopic (exact) mass is 308 g/mol. The van der Waals surface area contributed by atoms with Crippen LogP contribution in [0.2, 0.25) is 0 Å². The van der Waals surface area contributed by atoms with Gasteiger partial charge < -0.3 is 11.1 Å². The summed E-state index contributed by atoms with van der Waals surface area (Å²) in [5.41, 5.74) is 7.27. The number of anilines is 1. The molecular weight excluding hydrogens is 284 g/mol. The molecule has 2 rings (SSSR count). The predicted octanol–water partition coefficient (Wildman–Crippen LogP) is 2.41. The van der Waals surface area contributed by atoms with Crippen molar-refractivity contribution in [1.82, 2.24) is 0 Å². The van der Waals surface area contributed by atoms with Crippen LogP contribution in [0.1, 0.15) is 38.2 Å². The number of hydrogen-bond donors (Lipinski definition) is 2. The Bertz CT molecular complexity index is 513. The summed E-state index contributed by atoms with van der Waals surface area (Å²) >= 11 is 0. The third-order valence-electron chi connectivity index (χ3n) is 4.07. The number of nitrogens with two attached hydrogens (primary N) is 1. The second kappa shape index (κ2) is 7.71. The zero-order valence-corrected chi connectivity index (χ0v) is 13.3. The Morgan fingerprint density at radius 2 is 2.14 bits per heavy atom. The van der Waals surface area contributed by atoms with Crippen molar-refractivity contribution in [3.05, 3.63) is 29.8 Å². The van der Waals surface area contributed by atoms with E-state index in [1.807, 2.05) is 24.3 Å². The van der Waals surface area contributed by atoms with E-state index < -0.39 is 16.0 Å². The van der Waals surface area contributed by atoms with E-state index >= 15 is 0 Å². The van der Waals surface area contributed by atoms with Gasteiger partial charge in [-0.1, -0.05) is 25.0 Å². The summed E-state index contributed by atoms with van der Waals surface area (Å²) < 4.78 is 12.3. The van der Waals surface area contributed by atoms with Crippen molar-refractivity contribution in [2.45, 2.75) is 44.4 Å². The maximum Gasteiger partial charge on any atom is 0.239 e. The van der Waals surface area contributed by atoms with Crippen molar-refractivity contribution in [2.24, 2.45) is 11.7 Å². The molecule has 3 N–H and O–H groups in total. The molecule has 1 amide bonds. The molecule has 1 fully saturated rings. The van der Waals surface area contributed by atoms with Crippen LogP contribution in [0.25, 0.3) is 0 Å². The fourth-order valence-corrected chi connectivity index (χ4v) is 4.08. The topological polar surface area (TPSA) is 72.2 Å². The molecule has 0 radical (unpaired) electrons. The first-order chi connectivity index (χ1) is 10.1. The summed E-state index contributed by atoms with van der Waals surface area (Å²) in [5, 5.41) is 2.36. The smallest absolute Gasteiger partial charge is 0.239 e. The fourth-order valence-electron chi connectivity index (χ4n) is 2.69. The van der Waals surface area contributed by atoms with Gasteiger partial charge in [0.25, 0.3) is 0 Å². The molecule has 116 valence electrons. The molecule has 1 saturated carbocycles. The van der Waals surface area contributed by atoms with E-state index in [1.165, 1.54) is 12.8 Å². The average molecular weight is 308 g/mol. The van der Waals surface area contributed by atoms with Gasteiger partial charge >= 0.3 is 0 Å². The highest BCUT2D eigenvalue weighted by atomic mass is 32.2. The average Bonchev–Trinajstić information content (AvgIpc) is 2.99. The highest BCUT2D eigenvalue weighted by Crippen LogP contribution is 2.26. The number of carbonyl (C=O) groups is 1. The lowest BCUT2D eigenvalue weighted by Gasteiger charge is -2.15. The normalized spacial score (nSPS) is 18.4. The third-order valence-corrected chi connectivity index (χ3v) is 5.87. The number of amides is 1. The summed E-state index contributed by atoms with van der Waals surface area (Å²) in [5.74, 6) is 0.999. The van der Waals surface area contributed by atoms with E-state index in [2.05, 4.69) is 5.32 Å². The van der Waals surface area contributed by atoms with Crippen LogP contribution in [0.3, 0.4) is 0 Å². The van der Waals surface area contributed by atoms with Crippen molar-refractivity contribution in [2.75, 3.05) is 11.1 Å². The Morgan fingerprint density at radius 1 is 1.43 bits per heavy atom. The first-order valence-electron chi connectivity index (χ1n) is 7.57. The van der Waals surface area contributed by atoms with Crippen LogP contribution in [0.15, 0.2) is 24.3 Å². The van der Waals surface area contributed by atoms with Crippen molar-refractivity contribution in [1.29, 1.82) is 0 Å². The zero-order valence-electron chi connectivity index (χ0n) is 12.5. The summed E-state index contributed by atoms with van der Waals surface area (Å²) in [4.78, 5) is 12.2. The Hall–Kier alpha value is -1.20. The highest BCUT2D eigenvalue weighted by Gasteiger charge is 2.24. The van der Waals surface area contributed by atoms with Crippen molar-refractivity contribution in [3.63, 3.8) is 0 Å². The molecule has 0 bridgehead atoms. The number of benzene rings is 1. The number of nitrogens with one attached hydrogen (secondary N) is 1. The standard InChI is InChI=1S/C16H24N2O2S/c1-12(21(20)11-13-5-2-3-6-13)16(19)18-15-8-4-7-14(9-15)10-17/h4,7-9,12-13H,2-3,5-6,10-11,17H2,1H3,(H,18,19). The zero-order chi connectivity index (χ0) is 15.2. The van der Waals surface area contributed by atoms with Gasteiger partial charge in [0.2, 0.25) is 5.91 Å². The number of hydrogen-bond acceptors (Lipinski definition) is 3. The molecule has 2 unspecified atom stereocenters. The van der Waals surface area contributed by atoms with Crippen LogP contribution in [-0.2, 0) is 22.1 Å². The van der Waals surface area contributed by atoms with Gasteiger partial charge in [0.05, 0.1) is 0 Å². The largest absolute Gasteiger partial charge is 0.326 e. The Morgan fingerprint density at radius 3 is 2.81 bits per heavy atom. The van der Waals surface area contributed by atoms with E-state index in [1.54, 1.807) is 6.92 Å². The maximum absolute atomic E-state index is 12.3. The van der Waals surface area contributed by atoms with Gasteiger partial charge in [0, 0.05) is 28.8 Å². The molecule has 5 heteroatoms. The molecule has 0 spiro atoms. The minimum atomic E-state index is -1.10. The predicted molar refractivity (Wildman–Crippen MR) is 87.4 cm³/mol. The van der Waals surface area contributed by atoms with E-state index in [-0.39, 0.29) is 5.91 Å². The van der Waals surface area contributed by atoms with Crippen LogP contribution in [-0.4, -0.2) is 21.1 Å². The first kappa shape index (κ1) is 16.2. The molecule has 0 aliphatic heterocycles. The molecule has 21 heavy (non-hydrogen) atoms. The van der Waals surface area contributed by atoms with Gasteiger partial charge in [-0.15, -0.1) is 0 Å². The Balaban J connectivity index is 1.90. The molecule has 1 aliphatic rings. The molecule has 0 saturated heterocycles. The van der Waals surface area contributed by atoms with Crippen LogP contribution in [0, 0.1) is 5.92 Å². The van der Waals surface area contributed by atoms with Gasteiger partial charge in [0.1, 0.15) is 5.25 Å². The van der Waals surface area contributed by atoms with Gasteiger partial charge in [0.15, 0.2) is 0 Å². The molecule has 1 aromatic rings. The SMILES string of the molecule is CC(C(=O)Nc1cccc(CN)c1)S(=O)CC1CCCC1. The van der Waals surface area contributed by atoms with Gasteiger partial charge in [-0.25, -0.2) is 0 Å². The quantitative estimate of drug-likeness (QED) is 0.847. The van der Waals surface area contributed by atoms with E-state index in [4.69, 9.17) is 5.73 Å². The first-order valence-corrected chi connectivity index (χ1v) is 8.95. The van der Waals surface area contributed by atoms with Crippen molar-refractivity contribution in [3.8, 4) is 0 Å². The number of carbonyl (C=O) groups excluding carboxylic acids is 1. The summed E-state index contributed by atoms with van der Waals surface area (Å²) in [6.45, 7) is 2.18. The lowest BCUT2D eigenvalue weighted by atomic mass is 10.1. The van der Waals surface area contributed by atoms with E-state index in [0.717, 1.165) is 18.4 Å². The molecular formula is C16H24N2O2S. The van der Waals surface area contributed by atoms with Gasteiger partial charge in [-0.2, -0.15) is 0 Å². The van der Waals surface area contributed by atoms with E-state index in [9.17, 15) is 9.00 Å². The molecule has 1 aliphatic carbocycles. The molecule has 4 nitrogen and oxygen atoms in total. The second-order valence-electron chi connectivity index (χ2n) is 5.73. The second-order valence-corrected chi connectivity index (χ2v) is 7.54. The summed E-state index contributed by atoms with van der Waals surface area (Å²) in [6.07, 6.45) is 4.76. The van der Waals surface area contributed by atoms with Crippen molar-refractivity contribution >= 4 is 22.4 Å². The Labute approximate surface area is 129 Å². The van der Waals surface area contributed by atoms with Gasteiger partial charge in [-0.05, 0) is 43.4 Å². The van der Waals surface area contributed by atoms with Crippen LogP contribution in [0.5, 0.6) is 0 Å². The highest BCUT2D eigenvalue weighted by molar-refractivity contribution is 7.86. The minimum Gasteiger partial charge on any atom is -0.326 e. The number of rotatable bonds is 6. The van der Waals surface area contributed by atoms with Crippen molar-refractivity contribution < 1.29 is 9.00 Å². The summed E-state index contributed by atoms with van der Waals surface area (Å²) in [7, 11) is -1.10. The van der Waals surface area contributed by atoms with Crippen LogP contribution < -0.4 is 11.1 Å². The van der Waals surface area contributed by atoms with Gasteiger partial charge in [-0.3, -0.25) is 9.00 Å². The Kier molecular flexibility index (Phi) is 5.94. The third kappa shape index (κ3) is 4.64. The summed E-state index contributed by atoms with van der Waals surface area (Å²) in [6, 6.07) is 7.45. The molecule has 1 aromatic carbocycles. The molecule has 0 aromatic heterocycles. The maximum atomic E-state index is 12.3.